The Morgan fingerprint density at radius 3 is 3.00 bits per heavy atom. The number of methoxy groups -OCH3 is 1. The number of halogens is 1. The molecule has 2 heterocycles. The van der Waals surface area contributed by atoms with Crippen molar-refractivity contribution in [3.8, 4) is 0 Å². The first-order valence-electron chi connectivity index (χ1n) is 4.94. The smallest absolute Gasteiger partial charge is 0.145 e. The molecule has 15 heavy (non-hydrogen) atoms. The second kappa shape index (κ2) is 4.46. The Morgan fingerprint density at radius 2 is 2.40 bits per heavy atom. The van der Waals surface area contributed by atoms with Crippen LogP contribution in [0.1, 0.15) is 0 Å². The molecule has 0 aromatic rings. The number of hydrogen-bond acceptors (Lipinski definition) is 5. The van der Waals surface area contributed by atoms with E-state index in [0.29, 0.717) is 13.2 Å². The number of rotatable bonds is 3. The van der Waals surface area contributed by atoms with Crippen molar-refractivity contribution in [3.05, 3.63) is 0 Å². The van der Waals surface area contributed by atoms with Gasteiger partial charge in [-0.2, -0.15) is 5.06 Å². The highest BCUT2D eigenvalue weighted by Crippen LogP contribution is 2.40. The third-order valence-corrected chi connectivity index (χ3v) is 3.70. The van der Waals surface area contributed by atoms with Gasteiger partial charge in [0.2, 0.25) is 0 Å². The molecule has 2 aliphatic heterocycles. The Morgan fingerprint density at radius 1 is 1.67 bits per heavy atom. The third-order valence-electron chi connectivity index (χ3n) is 3.15. The summed E-state index contributed by atoms with van der Waals surface area (Å²) in [6.07, 6.45) is -0.00759. The zero-order valence-electron chi connectivity index (χ0n) is 9.10. The molecule has 2 fully saturated rings. The van der Waals surface area contributed by atoms with Gasteiger partial charge in [0.15, 0.2) is 0 Å². The van der Waals surface area contributed by atoms with Gasteiger partial charge in [-0.1, -0.05) is 0 Å². The lowest BCUT2D eigenvalue weighted by molar-refractivity contribution is -0.247. The van der Waals surface area contributed by atoms with Crippen molar-refractivity contribution in [1.82, 2.24) is 5.06 Å². The fraction of sp³-hybridized carbons (Fsp3) is 1.00. The normalized spacial score (nSPS) is 45.9. The summed E-state index contributed by atoms with van der Waals surface area (Å²) >= 11 is 1.93. The lowest BCUT2D eigenvalue weighted by atomic mass is 9.86. The van der Waals surface area contributed by atoms with Crippen molar-refractivity contribution >= 4 is 30.9 Å². The Hall–Kier alpha value is 0.595. The Kier molecular flexibility index (Phi) is 3.59. The summed E-state index contributed by atoms with van der Waals surface area (Å²) in [6.45, 7) is 0.973. The van der Waals surface area contributed by atoms with E-state index in [-0.39, 0.29) is 18.1 Å². The van der Waals surface area contributed by atoms with Crippen molar-refractivity contribution in [3.63, 3.8) is 0 Å². The molecule has 2 rings (SSSR count). The highest BCUT2D eigenvalue weighted by atomic mass is 127. The molecule has 4 unspecified atom stereocenters. The molecule has 0 saturated carbocycles. The minimum Gasteiger partial charge on any atom is -0.381 e. The van der Waals surface area contributed by atoms with Crippen molar-refractivity contribution in [2.45, 2.75) is 23.8 Å². The first kappa shape index (κ1) is 12.1. The first-order chi connectivity index (χ1) is 7.14. The molecule has 5 nitrogen and oxygen atoms in total. The van der Waals surface area contributed by atoms with E-state index in [1.54, 1.807) is 7.11 Å². The highest BCUT2D eigenvalue weighted by molar-refractivity contribution is 14.1. The van der Waals surface area contributed by atoms with Crippen molar-refractivity contribution < 1.29 is 17.4 Å². The number of fused-ring (bicyclic) bond motifs is 2. The second-order valence-corrected chi connectivity index (χ2v) is 4.65. The van der Waals surface area contributed by atoms with Crippen LogP contribution in [-0.2, 0) is 17.4 Å². The molecule has 0 aromatic carbocycles. The van der Waals surface area contributed by atoms with Crippen molar-refractivity contribution in [2.75, 3.05) is 27.4 Å². The molecule has 7 heteroatoms. The number of likely N-dealkylation sites (N-methyl/N-ethyl adjacent to an activating group) is 1. The van der Waals surface area contributed by atoms with Crippen LogP contribution in [0.3, 0.4) is 0 Å². The van der Waals surface area contributed by atoms with E-state index in [4.69, 9.17) is 17.4 Å². The quantitative estimate of drug-likeness (QED) is 0.509. The molecule has 2 bridgehead atoms. The van der Waals surface area contributed by atoms with Crippen LogP contribution in [0, 0.1) is 0 Å². The average Bonchev–Trinajstić information content (AvgIpc) is 2.41. The van der Waals surface area contributed by atoms with Gasteiger partial charge in [0, 0.05) is 20.2 Å². The number of nitrogens with zero attached hydrogens (tertiary/aromatic N) is 1. The van der Waals surface area contributed by atoms with Gasteiger partial charge in [-0.05, 0) is 0 Å². The molecule has 0 aromatic heterocycles. The Balaban J connectivity index is 2.25. The van der Waals surface area contributed by atoms with Crippen LogP contribution < -0.4 is 0 Å². The van der Waals surface area contributed by atoms with Crippen LogP contribution in [0.5, 0.6) is 0 Å². The maximum Gasteiger partial charge on any atom is 0.145 e. The fourth-order valence-electron chi connectivity index (χ4n) is 2.50. The van der Waals surface area contributed by atoms with E-state index in [0.717, 1.165) is 0 Å². The molecule has 2 aliphatic rings. The molecule has 0 amide bonds. The highest BCUT2D eigenvalue weighted by Gasteiger charge is 2.59. The van der Waals surface area contributed by atoms with Gasteiger partial charge < -0.3 is 12.5 Å². The zero-order valence-corrected chi connectivity index (χ0v) is 11.3. The fourth-order valence-corrected chi connectivity index (χ4v) is 3.26. The number of hydroxylamine groups is 2. The SMILES string of the molecule is BC1OC2(COC)CON(C)C1C2OI. The second-order valence-electron chi connectivity index (χ2n) is 4.14. The van der Waals surface area contributed by atoms with E-state index in [9.17, 15) is 0 Å². The summed E-state index contributed by atoms with van der Waals surface area (Å²) in [5.41, 5.74) is -0.452. The van der Waals surface area contributed by atoms with Crippen LogP contribution >= 0.6 is 23.0 Å². The summed E-state index contributed by atoms with van der Waals surface area (Å²) in [7, 11) is 5.61. The van der Waals surface area contributed by atoms with Crippen LogP contribution in [0.25, 0.3) is 0 Å². The molecular formula is C8H15BINO4. The predicted molar refractivity (Wildman–Crippen MR) is 64.4 cm³/mol. The van der Waals surface area contributed by atoms with E-state index in [1.807, 2.05) is 43.0 Å². The third kappa shape index (κ3) is 1.83. The van der Waals surface area contributed by atoms with Crippen molar-refractivity contribution in [1.29, 1.82) is 0 Å². The summed E-state index contributed by atoms with van der Waals surface area (Å²) in [5.74, 6) is 0. The minimum absolute atomic E-state index is 0.00759. The summed E-state index contributed by atoms with van der Waals surface area (Å²) in [5, 5.41) is 1.83. The van der Waals surface area contributed by atoms with Gasteiger partial charge >= 0.3 is 0 Å². The van der Waals surface area contributed by atoms with Gasteiger partial charge in [0.1, 0.15) is 49.2 Å². The zero-order chi connectivity index (χ0) is 11.1. The van der Waals surface area contributed by atoms with E-state index < -0.39 is 5.60 Å². The summed E-state index contributed by atoms with van der Waals surface area (Å²) < 4.78 is 16.7. The van der Waals surface area contributed by atoms with Crippen LogP contribution in [0.4, 0.5) is 0 Å². The number of ether oxygens (including phenoxy) is 2. The van der Waals surface area contributed by atoms with Crippen LogP contribution in [0.2, 0.25) is 0 Å². The van der Waals surface area contributed by atoms with Gasteiger partial charge in [0.05, 0.1) is 12.6 Å². The van der Waals surface area contributed by atoms with Crippen LogP contribution in [-0.4, -0.2) is 64.0 Å². The predicted octanol–water partition coefficient (Wildman–Crippen LogP) is -0.658. The van der Waals surface area contributed by atoms with Gasteiger partial charge in [-0.15, -0.1) is 0 Å². The molecule has 0 spiro atoms. The van der Waals surface area contributed by atoms with E-state index in [1.165, 1.54) is 0 Å². The number of hydrogen-bond donors (Lipinski definition) is 0. The molecule has 4 atom stereocenters. The van der Waals surface area contributed by atoms with Crippen molar-refractivity contribution in [2.24, 2.45) is 0 Å². The molecule has 0 radical (unpaired) electrons. The maximum atomic E-state index is 5.97. The largest absolute Gasteiger partial charge is 0.381 e. The summed E-state index contributed by atoms with van der Waals surface area (Å²) in [6, 6.07) is 0.221. The monoisotopic (exact) mass is 327 g/mol. The molecule has 86 valence electrons. The Bertz CT molecular complexity index is 247. The topological polar surface area (TPSA) is 40.2 Å². The van der Waals surface area contributed by atoms with Crippen LogP contribution in [0.15, 0.2) is 0 Å². The Labute approximate surface area is 104 Å². The molecule has 0 N–H and O–H groups in total. The maximum absolute atomic E-state index is 5.97. The summed E-state index contributed by atoms with van der Waals surface area (Å²) in [4.78, 5) is 5.57. The minimum atomic E-state index is -0.452. The molecular weight excluding hydrogens is 312 g/mol. The standard InChI is InChI=1S/C8H15BINO4/c1-11-5-6(15-10)8(3-12-2,4-13-11)14-7(5)9/h5-7H,3-4,9H2,1-2H3. The molecule has 0 aliphatic carbocycles. The van der Waals surface area contributed by atoms with Gasteiger partial charge in [0.25, 0.3) is 0 Å². The van der Waals surface area contributed by atoms with E-state index >= 15 is 0 Å². The lowest BCUT2D eigenvalue weighted by Crippen LogP contribution is -2.59. The first-order valence-corrected chi connectivity index (χ1v) is 5.82. The average molecular weight is 327 g/mol. The van der Waals surface area contributed by atoms with Gasteiger partial charge in [-0.3, -0.25) is 4.84 Å². The van der Waals surface area contributed by atoms with Gasteiger partial charge in [-0.25, -0.2) is 0 Å². The van der Waals surface area contributed by atoms with E-state index in [2.05, 4.69) is 0 Å². The molecule has 2 saturated heterocycles. The lowest BCUT2D eigenvalue weighted by Gasteiger charge is -2.40.